The first-order chi connectivity index (χ1) is 13.7. The van der Waals surface area contributed by atoms with Crippen molar-refractivity contribution < 1.29 is 17.9 Å². The van der Waals surface area contributed by atoms with Gasteiger partial charge in [0.2, 0.25) is 11.8 Å². The highest BCUT2D eigenvalue weighted by Crippen LogP contribution is 2.20. The van der Waals surface area contributed by atoms with Crippen molar-refractivity contribution in [1.82, 2.24) is 19.7 Å². The van der Waals surface area contributed by atoms with Gasteiger partial charge in [-0.25, -0.2) is 4.98 Å². The summed E-state index contributed by atoms with van der Waals surface area (Å²) >= 11 is 1.88. The van der Waals surface area contributed by atoms with Crippen LogP contribution in [0.2, 0.25) is 0 Å². The van der Waals surface area contributed by atoms with Crippen molar-refractivity contribution in [2.24, 2.45) is 0 Å². The first kappa shape index (κ1) is 23.3. The number of ether oxygens (including phenoxy) is 1. The molecule has 0 N–H and O–H groups in total. The molecule has 0 aliphatic carbocycles. The van der Waals surface area contributed by atoms with Crippen LogP contribution in [0.1, 0.15) is 32.2 Å². The summed E-state index contributed by atoms with van der Waals surface area (Å²) < 4.78 is 43.4. The number of hydrogen-bond donors (Lipinski definition) is 0. The third kappa shape index (κ3) is 7.09. The van der Waals surface area contributed by atoms with Gasteiger partial charge in [-0.05, 0) is 24.7 Å². The molecule has 0 amide bonds. The van der Waals surface area contributed by atoms with E-state index in [9.17, 15) is 13.2 Å². The summed E-state index contributed by atoms with van der Waals surface area (Å²) in [5.41, 5.74) is 0.906. The minimum atomic E-state index is -4.37. The van der Waals surface area contributed by atoms with Gasteiger partial charge in [-0.15, -0.1) is 10.2 Å². The Morgan fingerprint density at radius 1 is 1.24 bits per heavy atom. The monoisotopic (exact) mass is 431 g/mol. The molecule has 2 rings (SSSR count). The Morgan fingerprint density at radius 2 is 2.00 bits per heavy atom. The lowest BCUT2D eigenvalue weighted by Crippen LogP contribution is -2.33. The van der Waals surface area contributed by atoms with Crippen LogP contribution in [0.25, 0.3) is 0 Å². The number of halogens is 3. The van der Waals surface area contributed by atoms with Crippen molar-refractivity contribution in [3.63, 3.8) is 0 Å². The standard InChI is InChI=1S/C19H28F3N5OS/c1-5-16-24-25-18(26(4)14(3)12-29-6-2)27(16)10-9-15-7-8-17(23-11-15)28-13-19(20,21)22/h7-8,11,14H,5-6,9-10,12-13H2,1-4H3. The Kier molecular flexibility index (Phi) is 8.60. The Morgan fingerprint density at radius 3 is 2.59 bits per heavy atom. The third-order valence-corrected chi connectivity index (χ3v) is 5.60. The summed E-state index contributed by atoms with van der Waals surface area (Å²) in [5, 5.41) is 8.69. The predicted molar refractivity (Wildman–Crippen MR) is 110 cm³/mol. The first-order valence-electron chi connectivity index (χ1n) is 9.62. The number of rotatable bonds is 11. The van der Waals surface area contributed by atoms with Gasteiger partial charge in [-0.3, -0.25) is 4.57 Å². The number of alkyl halides is 3. The number of hydrogen-bond acceptors (Lipinski definition) is 6. The summed E-state index contributed by atoms with van der Waals surface area (Å²) in [7, 11) is 2.02. The number of nitrogens with zero attached hydrogens (tertiary/aromatic N) is 5. The van der Waals surface area contributed by atoms with Gasteiger partial charge in [-0.2, -0.15) is 24.9 Å². The lowest BCUT2D eigenvalue weighted by molar-refractivity contribution is -0.154. The van der Waals surface area contributed by atoms with Crippen molar-refractivity contribution in [2.75, 3.05) is 30.1 Å². The Hall–Kier alpha value is -1.97. The van der Waals surface area contributed by atoms with Gasteiger partial charge >= 0.3 is 6.18 Å². The fraction of sp³-hybridized carbons (Fsp3) is 0.632. The van der Waals surface area contributed by atoms with Gasteiger partial charge in [0.05, 0.1) is 0 Å². The summed E-state index contributed by atoms with van der Waals surface area (Å²) in [4.78, 5) is 6.11. The van der Waals surface area contributed by atoms with Crippen LogP contribution in [0.15, 0.2) is 18.3 Å². The second-order valence-corrected chi connectivity index (χ2v) is 8.02. The van der Waals surface area contributed by atoms with Gasteiger partial charge in [0.1, 0.15) is 5.82 Å². The molecule has 6 nitrogen and oxygen atoms in total. The molecule has 0 saturated heterocycles. The lowest BCUT2D eigenvalue weighted by atomic mass is 10.2. The quantitative estimate of drug-likeness (QED) is 0.536. The number of pyridine rings is 1. The molecule has 1 unspecified atom stereocenters. The van der Waals surface area contributed by atoms with E-state index in [2.05, 4.69) is 43.2 Å². The van der Waals surface area contributed by atoms with Gasteiger partial charge in [0.15, 0.2) is 6.61 Å². The van der Waals surface area contributed by atoms with Crippen molar-refractivity contribution >= 4 is 17.7 Å². The minimum absolute atomic E-state index is 0.0349. The Bertz CT molecular complexity index is 751. The van der Waals surface area contributed by atoms with Crippen molar-refractivity contribution in [1.29, 1.82) is 0 Å². The molecule has 0 spiro atoms. The number of anilines is 1. The van der Waals surface area contributed by atoms with Crippen LogP contribution in [0, 0.1) is 0 Å². The summed E-state index contributed by atoms with van der Waals surface area (Å²) in [6.07, 6.45) is -1.40. The average molecular weight is 432 g/mol. The van der Waals surface area contributed by atoms with Gasteiger partial charge < -0.3 is 9.64 Å². The summed E-state index contributed by atoms with van der Waals surface area (Å²) in [6, 6.07) is 3.52. The maximum Gasteiger partial charge on any atom is 0.422 e. The van der Waals surface area contributed by atoms with Crippen molar-refractivity contribution in [3.05, 3.63) is 29.7 Å². The SMILES string of the molecule is CCSCC(C)N(C)c1nnc(CC)n1CCc1ccc(OCC(F)(F)F)nc1. The molecule has 0 bridgehead atoms. The van der Waals surface area contributed by atoms with E-state index in [1.807, 2.05) is 25.7 Å². The van der Waals surface area contributed by atoms with Crippen molar-refractivity contribution in [2.45, 2.75) is 52.4 Å². The zero-order valence-electron chi connectivity index (χ0n) is 17.2. The Labute approximate surface area is 173 Å². The average Bonchev–Trinajstić information content (AvgIpc) is 3.11. The first-order valence-corrected chi connectivity index (χ1v) is 10.8. The maximum absolute atomic E-state index is 12.2. The van der Waals surface area contributed by atoms with Gasteiger partial charge in [0.25, 0.3) is 0 Å². The number of aromatic nitrogens is 4. The van der Waals surface area contributed by atoms with E-state index in [-0.39, 0.29) is 5.88 Å². The van der Waals surface area contributed by atoms with E-state index in [1.54, 1.807) is 12.3 Å². The molecule has 0 aliphatic heterocycles. The smallest absolute Gasteiger partial charge is 0.422 e. The lowest BCUT2D eigenvalue weighted by Gasteiger charge is -2.26. The molecule has 0 radical (unpaired) electrons. The number of aryl methyl sites for hydroxylation is 2. The van der Waals surface area contributed by atoms with Crippen LogP contribution in [-0.2, 0) is 19.4 Å². The van der Waals surface area contributed by atoms with Crippen molar-refractivity contribution in [3.8, 4) is 5.88 Å². The highest BCUT2D eigenvalue weighted by atomic mass is 32.2. The van der Waals surface area contributed by atoms with Crippen LogP contribution < -0.4 is 9.64 Å². The summed E-state index contributed by atoms with van der Waals surface area (Å²) in [5.74, 6) is 3.77. The molecule has 0 fully saturated rings. The minimum Gasteiger partial charge on any atom is -0.468 e. The maximum atomic E-state index is 12.2. The highest BCUT2D eigenvalue weighted by molar-refractivity contribution is 7.99. The molecule has 2 heterocycles. The molecule has 10 heteroatoms. The van der Waals surface area contributed by atoms with Gasteiger partial charge in [-0.1, -0.05) is 19.9 Å². The molecule has 2 aromatic heterocycles. The van der Waals surface area contributed by atoms with E-state index in [1.165, 1.54) is 6.07 Å². The molecule has 0 saturated carbocycles. The number of thioether (sulfide) groups is 1. The fourth-order valence-corrected chi connectivity index (χ4v) is 3.52. The molecule has 1 atom stereocenters. The van der Waals surface area contributed by atoms with E-state index in [0.29, 0.717) is 19.0 Å². The van der Waals surface area contributed by atoms with E-state index >= 15 is 0 Å². The van der Waals surface area contributed by atoms with Crippen LogP contribution in [0.4, 0.5) is 19.1 Å². The molecular weight excluding hydrogens is 403 g/mol. The zero-order valence-corrected chi connectivity index (χ0v) is 18.1. The van der Waals surface area contributed by atoms with Crippen LogP contribution in [0.3, 0.4) is 0 Å². The normalized spacial score (nSPS) is 12.8. The van der Waals surface area contributed by atoms with Crippen LogP contribution in [0.5, 0.6) is 5.88 Å². The second kappa shape index (κ2) is 10.7. The van der Waals surface area contributed by atoms with E-state index in [0.717, 1.165) is 35.3 Å². The predicted octanol–water partition coefficient (Wildman–Crippen LogP) is 4.00. The molecular formula is C19H28F3N5OS. The zero-order chi connectivity index (χ0) is 21.4. The van der Waals surface area contributed by atoms with Crippen LogP contribution in [-0.4, -0.2) is 57.1 Å². The van der Waals surface area contributed by atoms with Gasteiger partial charge in [0, 0.05) is 44.1 Å². The largest absolute Gasteiger partial charge is 0.468 e. The molecule has 0 aliphatic rings. The molecule has 2 aromatic rings. The fourth-order valence-electron chi connectivity index (χ4n) is 2.72. The third-order valence-electron chi connectivity index (χ3n) is 4.47. The van der Waals surface area contributed by atoms with Crippen LogP contribution >= 0.6 is 11.8 Å². The molecule has 162 valence electrons. The molecule has 0 aromatic carbocycles. The second-order valence-electron chi connectivity index (χ2n) is 6.70. The highest BCUT2D eigenvalue weighted by Gasteiger charge is 2.28. The topological polar surface area (TPSA) is 56.1 Å². The van der Waals surface area contributed by atoms with E-state index < -0.39 is 12.8 Å². The van der Waals surface area contributed by atoms with E-state index in [4.69, 9.17) is 0 Å². The molecule has 29 heavy (non-hydrogen) atoms. The Balaban J connectivity index is 2.03. The summed E-state index contributed by atoms with van der Waals surface area (Å²) in [6.45, 7) is 5.66.